The molecule has 0 aliphatic carbocycles. The largest absolute Gasteiger partial charge is 0.351 e. The van der Waals surface area contributed by atoms with Gasteiger partial charge in [0.1, 0.15) is 0 Å². The van der Waals surface area contributed by atoms with E-state index in [0.29, 0.717) is 19.4 Å². The lowest BCUT2D eigenvalue weighted by Gasteiger charge is -2.18. The average molecular weight is 328 g/mol. The molecule has 1 aromatic heterocycles. The third-order valence-electron chi connectivity index (χ3n) is 4.21. The Hall–Kier alpha value is -2.14. The molecule has 23 heavy (non-hydrogen) atoms. The van der Waals surface area contributed by atoms with E-state index in [2.05, 4.69) is 12.2 Å². The number of benzene rings is 1. The maximum atomic E-state index is 12.3. The normalized spacial score (nSPS) is 17.6. The first kappa shape index (κ1) is 15.7. The molecule has 1 aliphatic rings. The summed E-state index contributed by atoms with van der Waals surface area (Å²) in [5.41, 5.74) is 3.29. The summed E-state index contributed by atoms with van der Waals surface area (Å²) in [7, 11) is 0. The second-order valence-corrected chi connectivity index (χ2v) is 7.03. The van der Waals surface area contributed by atoms with Gasteiger partial charge in [0.25, 0.3) is 0 Å². The van der Waals surface area contributed by atoms with E-state index in [9.17, 15) is 9.59 Å². The zero-order chi connectivity index (χ0) is 16.4. The molecule has 5 heteroatoms. The minimum Gasteiger partial charge on any atom is -0.351 e. The minimum absolute atomic E-state index is 0.0211. The van der Waals surface area contributed by atoms with Crippen LogP contribution in [0.5, 0.6) is 0 Å². The highest BCUT2D eigenvalue weighted by atomic mass is 32.1. The summed E-state index contributed by atoms with van der Waals surface area (Å²) in [4.78, 5) is 27.1. The summed E-state index contributed by atoms with van der Waals surface area (Å²) in [5.74, 6) is 0.0434. The van der Waals surface area contributed by atoms with Crippen molar-refractivity contribution in [3.8, 4) is 0 Å². The Bertz CT molecular complexity index is 725. The fraction of sp³-hybridized carbons (Fsp3) is 0.333. The molecule has 0 spiro atoms. The van der Waals surface area contributed by atoms with Gasteiger partial charge < -0.3 is 10.2 Å². The van der Waals surface area contributed by atoms with E-state index < -0.39 is 0 Å². The van der Waals surface area contributed by atoms with Crippen LogP contribution in [0.15, 0.2) is 35.7 Å². The maximum Gasteiger partial charge on any atom is 0.229 e. The van der Waals surface area contributed by atoms with Crippen molar-refractivity contribution >= 4 is 28.8 Å². The van der Waals surface area contributed by atoms with E-state index in [-0.39, 0.29) is 17.9 Å². The second-order valence-electron chi connectivity index (χ2n) is 6.00. The Labute approximate surface area is 140 Å². The summed E-state index contributed by atoms with van der Waals surface area (Å²) in [6.45, 7) is 4.63. The van der Waals surface area contributed by atoms with E-state index in [1.165, 1.54) is 11.1 Å². The zero-order valence-electron chi connectivity index (χ0n) is 13.3. The van der Waals surface area contributed by atoms with Crippen molar-refractivity contribution in [2.45, 2.75) is 32.7 Å². The summed E-state index contributed by atoms with van der Waals surface area (Å²) in [6.07, 6.45) is 0.745. The Kier molecular flexibility index (Phi) is 4.48. The topological polar surface area (TPSA) is 49.4 Å². The van der Waals surface area contributed by atoms with Gasteiger partial charge >= 0.3 is 0 Å². The molecule has 0 radical (unpaired) electrons. The molecule has 1 aliphatic heterocycles. The SMILES string of the molecule is Cc1ccc(N2C[C@H](NC(=O)Cc3cccs3)CC2=O)cc1C. The molecule has 4 nitrogen and oxygen atoms in total. The molecule has 0 unspecified atom stereocenters. The van der Waals surface area contributed by atoms with Gasteiger partial charge in [-0.2, -0.15) is 0 Å². The number of nitrogens with one attached hydrogen (secondary N) is 1. The summed E-state index contributed by atoms with van der Waals surface area (Å²) >= 11 is 1.57. The maximum absolute atomic E-state index is 12.3. The molecule has 2 amide bonds. The Morgan fingerprint density at radius 1 is 1.30 bits per heavy atom. The molecule has 0 saturated carbocycles. The summed E-state index contributed by atoms with van der Waals surface area (Å²) < 4.78 is 0. The van der Waals surface area contributed by atoms with Crippen LogP contribution < -0.4 is 10.2 Å². The smallest absolute Gasteiger partial charge is 0.229 e. The van der Waals surface area contributed by atoms with Crippen molar-refractivity contribution in [3.63, 3.8) is 0 Å². The number of amides is 2. The number of hydrogen-bond acceptors (Lipinski definition) is 3. The molecule has 1 atom stereocenters. The van der Waals surface area contributed by atoms with Gasteiger partial charge in [-0.3, -0.25) is 9.59 Å². The molecular weight excluding hydrogens is 308 g/mol. The number of carbonyl (C=O) groups is 2. The first-order valence-electron chi connectivity index (χ1n) is 7.72. The average Bonchev–Trinajstić information content (AvgIpc) is 3.12. The van der Waals surface area contributed by atoms with Gasteiger partial charge in [0.05, 0.1) is 12.5 Å². The highest BCUT2D eigenvalue weighted by Gasteiger charge is 2.31. The Morgan fingerprint density at radius 3 is 2.83 bits per heavy atom. The predicted octanol–water partition coefficient (Wildman–Crippen LogP) is 2.83. The second kappa shape index (κ2) is 6.54. The lowest BCUT2D eigenvalue weighted by atomic mass is 10.1. The number of rotatable bonds is 4. The minimum atomic E-state index is -0.114. The molecule has 2 aromatic rings. The summed E-state index contributed by atoms with van der Waals surface area (Å²) in [6, 6.07) is 9.80. The first-order chi connectivity index (χ1) is 11.0. The first-order valence-corrected chi connectivity index (χ1v) is 8.60. The molecule has 0 bridgehead atoms. The van der Waals surface area contributed by atoms with Gasteiger partial charge in [0, 0.05) is 23.5 Å². The van der Waals surface area contributed by atoms with Gasteiger partial charge in [-0.1, -0.05) is 12.1 Å². The van der Waals surface area contributed by atoms with E-state index in [1.54, 1.807) is 16.2 Å². The third-order valence-corrected chi connectivity index (χ3v) is 5.08. The number of hydrogen-bond donors (Lipinski definition) is 1. The molecule has 1 saturated heterocycles. The third kappa shape index (κ3) is 3.62. The van der Waals surface area contributed by atoms with Gasteiger partial charge in [-0.15, -0.1) is 11.3 Å². The highest BCUT2D eigenvalue weighted by molar-refractivity contribution is 7.10. The number of carbonyl (C=O) groups excluding carboxylic acids is 2. The predicted molar refractivity (Wildman–Crippen MR) is 92.8 cm³/mol. The van der Waals surface area contributed by atoms with E-state index >= 15 is 0 Å². The zero-order valence-corrected chi connectivity index (χ0v) is 14.2. The van der Waals surface area contributed by atoms with Crippen molar-refractivity contribution in [3.05, 3.63) is 51.7 Å². The molecule has 120 valence electrons. The number of anilines is 1. The van der Waals surface area contributed by atoms with Crippen LogP contribution in [0.25, 0.3) is 0 Å². The van der Waals surface area contributed by atoms with Crippen LogP contribution in [-0.4, -0.2) is 24.4 Å². The van der Waals surface area contributed by atoms with Crippen LogP contribution in [0.1, 0.15) is 22.4 Å². The van der Waals surface area contributed by atoms with Gasteiger partial charge in [0.2, 0.25) is 11.8 Å². The van der Waals surface area contributed by atoms with E-state index in [1.807, 2.05) is 42.6 Å². The fourth-order valence-electron chi connectivity index (χ4n) is 2.80. The van der Waals surface area contributed by atoms with Crippen LogP contribution in [0.2, 0.25) is 0 Å². The summed E-state index contributed by atoms with van der Waals surface area (Å²) in [5, 5.41) is 4.94. The van der Waals surface area contributed by atoms with Crippen LogP contribution >= 0.6 is 11.3 Å². The lowest BCUT2D eigenvalue weighted by molar-refractivity contribution is -0.121. The lowest BCUT2D eigenvalue weighted by Crippen LogP contribution is -2.37. The van der Waals surface area contributed by atoms with Gasteiger partial charge in [0.15, 0.2) is 0 Å². The van der Waals surface area contributed by atoms with E-state index in [4.69, 9.17) is 0 Å². The van der Waals surface area contributed by atoms with Crippen molar-refractivity contribution < 1.29 is 9.59 Å². The van der Waals surface area contributed by atoms with Crippen molar-refractivity contribution in [2.24, 2.45) is 0 Å². The number of aryl methyl sites for hydroxylation is 2. The van der Waals surface area contributed by atoms with Gasteiger partial charge in [-0.25, -0.2) is 0 Å². The fourth-order valence-corrected chi connectivity index (χ4v) is 3.50. The molecule has 3 rings (SSSR count). The van der Waals surface area contributed by atoms with Crippen molar-refractivity contribution in [2.75, 3.05) is 11.4 Å². The van der Waals surface area contributed by atoms with Gasteiger partial charge in [-0.05, 0) is 48.6 Å². The van der Waals surface area contributed by atoms with E-state index in [0.717, 1.165) is 10.6 Å². The van der Waals surface area contributed by atoms with Crippen LogP contribution in [-0.2, 0) is 16.0 Å². The van der Waals surface area contributed by atoms with Crippen LogP contribution in [0.3, 0.4) is 0 Å². The molecule has 1 aromatic carbocycles. The van der Waals surface area contributed by atoms with Crippen LogP contribution in [0.4, 0.5) is 5.69 Å². The Balaban J connectivity index is 1.62. The quantitative estimate of drug-likeness (QED) is 0.938. The molecular formula is C18H20N2O2S. The monoisotopic (exact) mass is 328 g/mol. The molecule has 2 heterocycles. The standard InChI is InChI=1S/C18H20N2O2S/c1-12-5-6-15(8-13(12)2)20-11-14(9-18(20)22)19-17(21)10-16-4-3-7-23-16/h3-8,14H,9-11H2,1-2H3,(H,19,21)/t14-/m1/s1. The van der Waals surface area contributed by atoms with Crippen LogP contribution in [0, 0.1) is 13.8 Å². The highest BCUT2D eigenvalue weighted by Crippen LogP contribution is 2.24. The molecule has 1 N–H and O–H groups in total. The van der Waals surface area contributed by atoms with Crippen molar-refractivity contribution in [1.82, 2.24) is 5.32 Å². The number of nitrogens with zero attached hydrogens (tertiary/aromatic N) is 1. The van der Waals surface area contributed by atoms with Crippen molar-refractivity contribution in [1.29, 1.82) is 0 Å². The Morgan fingerprint density at radius 2 is 2.13 bits per heavy atom. The number of thiophene rings is 1. The molecule has 1 fully saturated rings.